The molecule has 9 nitrogen and oxygen atoms in total. The van der Waals surface area contributed by atoms with E-state index in [0.717, 1.165) is 80.2 Å². The van der Waals surface area contributed by atoms with E-state index in [9.17, 15) is 4.79 Å². The van der Waals surface area contributed by atoms with Gasteiger partial charge in [0.25, 0.3) is 5.89 Å². The van der Waals surface area contributed by atoms with E-state index < -0.39 is 0 Å². The van der Waals surface area contributed by atoms with Crippen LogP contribution < -0.4 is 10.2 Å². The van der Waals surface area contributed by atoms with Crippen LogP contribution in [0.1, 0.15) is 94.1 Å². The number of aryl methyl sites for hydroxylation is 1. The highest BCUT2D eigenvalue weighted by atomic mass is 16.5. The van der Waals surface area contributed by atoms with Crippen molar-refractivity contribution in [3.8, 4) is 11.5 Å². The van der Waals surface area contributed by atoms with Gasteiger partial charge in [-0.3, -0.25) is 4.90 Å². The van der Waals surface area contributed by atoms with Crippen molar-refractivity contribution in [2.24, 2.45) is 0 Å². The second kappa shape index (κ2) is 9.09. The highest BCUT2D eigenvalue weighted by molar-refractivity contribution is 5.93. The maximum atomic E-state index is 13.2. The molecule has 184 valence electrons. The number of nitrogens with zero attached hydrogens (tertiary/aromatic N) is 5. The molecule has 0 aliphatic heterocycles. The lowest BCUT2D eigenvalue weighted by Crippen LogP contribution is -2.45. The maximum absolute atomic E-state index is 13.2. The number of hydrogen-bond donors (Lipinski definition) is 1. The monoisotopic (exact) mass is 476 g/mol. The van der Waals surface area contributed by atoms with Gasteiger partial charge in [0.1, 0.15) is 0 Å². The van der Waals surface area contributed by atoms with Crippen LogP contribution in [-0.4, -0.2) is 38.4 Å². The van der Waals surface area contributed by atoms with Crippen LogP contribution in [-0.2, 0) is 6.42 Å². The molecular formula is C26H32N6O3. The molecule has 3 aliphatic carbocycles. The molecule has 6 rings (SSSR count). The number of nitrogens with one attached hydrogen (secondary N) is 1. The van der Waals surface area contributed by atoms with Crippen LogP contribution in [0.3, 0.4) is 0 Å². The van der Waals surface area contributed by atoms with Gasteiger partial charge in [-0.05, 0) is 76.5 Å². The second-order valence-electron chi connectivity index (χ2n) is 10.6. The number of rotatable bonds is 11. The van der Waals surface area contributed by atoms with E-state index in [1.165, 1.54) is 12.8 Å². The molecule has 3 saturated carbocycles. The van der Waals surface area contributed by atoms with Gasteiger partial charge in [-0.25, -0.2) is 4.79 Å². The Bertz CT molecular complexity index is 1190. The van der Waals surface area contributed by atoms with Gasteiger partial charge >= 0.3 is 6.03 Å². The quantitative estimate of drug-likeness (QED) is 0.371. The van der Waals surface area contributed by atoms with E-state index in [1.807, 2.05) is 29.2 Å². The molecule has 3 aromatic rings. The van der Waals surface area contributed by atoms with Crippen LogP contribution in [0.5, 0.6) is 0 Å². The Hall–Kier alpha value is -3.23. The standard InChI is InChI=1S/C26H32N6O3/c1-26(13-14-26)29-25(33)32(15-4-2-3-8-21-27-22(30-34-21)17-9-10-17)20-7-5-6-19(16-20)24-28-23(31-35-24)18-11-12-18/h5-7,16-18H,2-4,8-15H2,1H3,(H,29,33). The highest BCUT2D eigenvalue weighted by Crippen LogP contribution is 2.39. The van der Waals surface area contributed by atoms with Crippen LogP contribution in [0, 0.1) is 0 Å². The zero-order valence-electron chi connectivity index (χ0n) is 20.2. The number of aromatic nitrogens is 4. The van der Waals surface area contributed by atoms with Gasteiger partial charge in [0.15, 0.2) is 11.6 Å². The largest absolute Gasteiger partial charge is 0.339 e. The van der Waals surface area contributed by atoms with E-state index in [-0.39, 0.29) is 11.6 Å². The Kier molecular flexibility index (Phi) is 5.78. The zero-order chi connectivity index (χ0) is 23.8. The topological polar surface area (TPSA) is 110 Å². The lowest BCUT2D eigenvalue weighted by atomic mass is 10.1. The Morgan fingerprint density at radius 3 is 2.51 bits per heavy atom. The van der Waals surface area contributed by atoms with Crippen LogP contribution in [0.25, 0.3) is 11.5 Å². The summed E-state index contributed by atoms with van der Waals surface area (Å²) in [7, 11) is 0. The van der Waals surface area contributed by atoms with E-state index in [2.05, 4.69) is 32.5 Å². The van der Waals surface area contributed by atoms with Crippen LogP contribution in [0.2, 0.25) is 0 Å². The summed E-state index contributed by atoms with van der Waals surface area (Å²) in [5, 5.41) is 11.4. The molecule has 0 bridgehead atoms. The Morgan fingerprint density at radius 2 is 1.77 bits per heavy atom. The van der Waals surface area contributed by atoms with Gasteiger partial charge in [0.2, 0.25) is 5.89 Å². The summed E-state index contributed by atoms with van der Waals surface area (Å²) in [6.45, 7) is 2.72. The number of amides is 2. The first-order chi connectivity index (χ1) is 17.1. The molecule has 0 unspecified atom stereocenters. The SMILES string of the molecule is CC1(NC(=O)N(CCCCCc2nc(C3CC3)no2)c2cccc(-c3nc(C4CC4)no3)c2)CC1. The molecule has 2 amide bonds. The molecule has 1 aromatic carbocycles. The molecule has 0 saturated heterocycles. The first kappa shape index (κ1) is 22.2. The molecule has 0 radical (unpaired) electrons. The lowest BCUT2D eigenvalue weighted by molar-refractivity contribution is 0.242. The minimum atomic E-state index is -0.0875. The summed E-state index contributed by atoms with van der Waals surface area (Å²) < 4.78 is 10.9. The Morgan fingerprint density at radius 1 is 1.03 bits per heavy atom. The van der Waals surface area contributed by atoms with Gasteiger partial charge in [-0.2, -0.15) is 9.97 Å². The predicted molar refractivity (Wildman–Crippen MR) is 129 cm³/mol. The van der Waals surface area contributed by atoms with E-state index in [4.69, 9.17) is 9.05 Å². The molecule has 0 atom stereocenters. The van der Waals surface area contributed by atoms with Crippen molar-refractivity contribution in [1.29, 1.82) is 0 Å². The normalized spacial score (nSPS) is 18.4. The van der Waals surface area contributed by atoms with Crippen molar-refractivity contribution in [2.45, 2.75) is 88.5 Å². The molecule has 2 aromatic heterocycles. The predicted octanol–water partition coefficient (Wildman–Crippen LogP) is 5.36. The number of anilines is 1. The number of unbranched alkanes of at least 4 members (excludes halogenated alkanes) is 2. The third-order valence-corrected chi connectivity index (χ3v) is 7.14. The highest BCUT2D eigenvalue weighted by Gasteiger charge is 2.40. The Balaban J connectivity index is 1.10. The molecule has 35 heavy (non-hydrogen) atoms. The molecule has 0 spiro atoms. The fourth-order valence-electron chi connectivity index (χ4n) is 4.25. The van der Waals surface area contributed by atoms with Crippen LogP contribution in [0.4, 0.5) is 10.5 Å². The maximum Gasteiger partial charge on any atom is 0.322 e. The lowest BCUT2D eigenvalue weighted by Gasteiger charge is -2.25. The summed E-state index contributed by atoms with van der Waals surface area (Å²) in [6.07, 6.45) is 10.2. The van der Waals surface area contributed by atoms with Crippen molar-refractivity contribution in [3.05, 3.63) is 41.8 Å². The van der Waals surface area contributed by atoms with Gasteiger partial charge < -0.3 is 14.4 Å². The van der Waals surface area contributed by atoms with Crippen molar-refractivity contribution in [1.82, 2.24) is 25.6 Å². The molecule has 2 heterocycles. The number of hydrogen-bond acceptors (Lipinski definition) is 7. The van der Waals surface area contributed by atoms with Crippen molar-refractivity contribution in [2.75, 3.05) is 11.4 Å². The van der Waals surface area contributed by atoms with E-state index in [0.29, 0.717) is 24.3 Å². The number of benzene rings is 1. The summed E-state index contributed by atoms with van der Waals surface area (Å²) in [6, 6.07) is 7.77. The smallest absolute Gasteiger partial charge is 0.322 e. The van der Waals surface area contributed by atoms with E-state index in [1.54, 1.807) is 0 Å². The van der Waals surface area contributed by atoms with Crippen LogP contribution in [0.15, 0.2) is 33.3 Å². The van der Waals surface area contributed by atoms with Gasteiger partial charge in [0, 0.05) is 41.6 Å². The molecule has 3 fully saturated rings. The third-order valence-electron chi connectivity index (χ3n) is 7.14. The number of urea groups is 1. The van der Waals surface area contributed by atoms with Crippen molar-refractivity contribution < 1.29 is 13.8 Å². The fourth-order valence-corrected chi connectivity index (χ4v) is 4.25. The van der Waals surface area contributed by atoms with Gasteiger partial charge in [-0.1, -0.05) is 22.8 Å². The minimum Gasteiger partial charge on any atom is -0.339 e. The van der Waals surface area contributed by atoms with Gasteiger partial charge in [0.05, 0.1) is 0 Å². The van der Waals surface area contributed by atoms with Crippen molar-refractivity contribution in [3.63, 3.8) is 0 Å². The molecular weight excluding hydrogens is 444 g/mol. The van der Waals surface area contributed by atoms with E-state index >= 15 is 0 Å². The fraction of sp³-hybridized carbons (Fsp3) is 0.577. The summed E-state index contributed by atoms with van der Waals surface area (Å²) in [5.41, 5.74) is 1.58. The van der Waals surface area contributed by atoms with Crippen molar-refractivity contribution >= 4 is 11.7 Å². The first-order valence-corrected chi connectivity index (χ1v) is 12.9. The second-order valence-corrected chi connectivity index (χ2v) is 10.6. The zero-order valence-corrected chi connectivity index (χ0v) is 20.2. The average molecular weight is 477 g/mol. The first-order valence-electron chi connectivity index (χ1n) is 12.9. The average Bonchev–Trinajstić information content (AvgIpc) is 3.83. The van der Waals surface area contributed by atoms with Gasteiger partial charge in [-0.15, -0.1) is 0 Å². The summed E-state index contributed by atoms with van der Waals surface area (Å²) >= 11 is 0. The minimum absolute atomic E-state index is 0.0580. The summed E-state index contributed by atoms with van der Waals surface area (Å²) in [4.78, 5) is 24.2. The number of carbonyl (C=O) groups excluding carboxylic acids is 1. The number of carbonyl (C=O) groups is 1. The third kappa shape index (κ3) is 5.39. The van der Waals surface area contributed by atoms with Crippen LogP contribution >= 0.6 is 0 Å². The molecule has 1 N–H and O–H groups in total. The molecule has 3 aliphatic rings. The summed E-state index contributed by atoms with van der Waals surface area (Å²) in [5.74, 6) is 3.82. The Labute approximate surface area is 204 Å². The molecule has 9 heteroatoms.